The molecule has 1 nitrogen and oxygen atoms in total. The van der Waals surface area contributed by atoms with Gasteiger partial charge in [0, 0.05) is 18.6 Å². The molecule has 0 spiro atoms. The van der Waals surface area contributed by atoms with Crippen molar-refractivity contribution in [1.29, 1.82) is 0 Å². The maximum absolute atomic E-state index is 2.68. The fraction of sp³-hybridized carbons (Fsp3) is 0.857. The largest absolute Gasteiger partial charge is 0.297 e. The van der Waals surface area contributed by atoms with Gasteiger partial charge in [0.25, 0.3) is 0 Å². The van der Waals surface area contributed by atoms with E-state index in [0.717, 1.165) is 11.8 Å². The highest BCUT2D eigenvalue weighted by atomic mass is 15.2. The summed E-state index contributed by atoms with van der Waals surface area (Å²) in [6.45, 7) is 14.2. The Labute approximate surface area is 94.5 Å². The quantitative estimate of drug-likeness (QED) is 0.550. The molecule has 2 aliphatic rings. The summed E-state index contributed by atoms with van der Waals surface area (Å²) >= 11 is 0. The van der Waals surface area contributed by atoms with Gasteiger partial charge in [0.15, 0.2) is 0 Å². The van der Waals surface area contributed by atoms with Crippen LogP contribution in [0.15, 0.2) is 11.1 Å². The number of fused-ring (bicyclic) bond motifs is 2. The predicted octanol–water partition coefficient (Wildman–Crippen LogP) is 3.46. The minimum atomic E-state index is 0.355. The highest BCUT2D eigenvalue weighted by Gasteiger charge is 2.40. The monoisotopic (exact) mass is 207 g/mol. The highest BCUT2D eigenvalue weighted by molar-refractivity contribution is 5.24. The van der Waals surface area contributed by atoms with Crippen LogP contribution in [0, 0.1) is 11.8 Å². The van der Waals surface area contributed by atoms with E-state index < -0.39 is 0 Å². The number of allylic oxidation sites excluding steroid dienone is 1. The average Bonchev–Trinajstić information content (AvgIpc) is 2.35. The van der Waals surface area contributed by atoms with Crippen LogP contribution in [0.2, 0.25) is 0 Å². The Morgan fingerprint density at radius 2 is 1.53 bits per heavy atom. The van der Waals surface area contributed by atoms with Gasteiger partial charge < -0.3 is 0 Å². The van der Waals surface area contributed by atoms with Crippen molar-refractivity contribution in [3.63, 3.8) is 0 Å². The maximum atomic E-state index is 2.68. The van der Waals surface area contributed by atoms with Crippen LogP contribution in [-0.4, -0.2) is 23.5 Å². The first-order chi connectivity index (χ1) is 6.89. The molecule has 2 atom stereocenters. The number of piperidine rings is 1. The molecule has 2 unspecified atom stereocenters. The van der Waals surface area contributed by atoms with Crippen molar-refractivity contribution < 1.29 is 0 Å². The zero-order valence-electron chi connectivity index (χ0n) is 10.9. The maximum Gasteiger partial charge on any atom is 0.0125 e. The molecule has 86 valence electrons. The second kappa shape index (κ2) is 3.62. The van der Waals surface area contributed by atoms with Gasteiger partial charge in [0.1, 0.15) is 0 Å². The number of hydrogen-bond acceptors (Lipinski definition) is 1. The summed E-state index contributed by atoms with van der Waals surface area (Å²) in [6, 6.07) is 0. The molecule has 1 saturated carbocycles. The Kier molecular flexibility index (Phi) is 2.70. The van der Waals surface area contributed by atoms with E-state index in [4.69, 9.17) is 0 Å². The van der Waals surface area contributed by atoms with Crippen molar-refractivity contribution in [2.24, 2.45) is 11.8 Å². The second-order valence-electron chi connectivity index (χ2n) is 6.50. The fourth-order valence-electron chi connectivity index (χ4n) is 3.40. The molecule has 2 fully saturated rings. The lowest BCUT2D eigenvalue weighted by Crippen LogP contribution is -2.48. The van der Waals surface area contributed by atoms with Crippen molar-refractivity contribution in [2.75, 3.05) is 13.1 Å². The van der Waals surface area contributed by atoms with E-state index in [1.54, 1.807) is 11.1 Å². The molecule has 1 heterocycles. The van der Waals surface area contributed by atoms with Crippen LogP contribution < -0.4 is 0 Å². The normalized spacial score (nSPS) is 32.2. The standard InChI is InChI=1S/C14H25N/c1-10(2)13-11-6-7-12(13)9-15(8-11)14(3,4)5/h11-12H,6-9H2,1-5H3. The Morgan fingerprint density at radius 3 is 1.87 bits per heavy atom. The lowest BCUT2D eigenvalue weighted by Gasteiger charge is -2.43. The molecule has 1 aliphatic heterocycles. The smallest absolute Gasteiger partial charge is 0.0125 e. The molecular weight excluding hydrogens is 182 g/mol. The van der Waals surface area contributed by atoms with Crippen LogP contribution in [0.4, 0.5) is 0 Å². The Balaban J connectivity index is 2.19. The fourth-order valence-corrected chi connectivity index (χ4v) is 3.40. The van der Waals surface area contributed by atoms with Crippen LogP contribution in [-0.2, 0) is 0 Å². The summed E-state index contributed by atoms with van der Waals surface area (Å²) in [7, 11) is 0. The van der Waals surface area contributed by atoms with Crippen molar-refractivity contribution in [3.05, 3.63) is 11.1 Å². The van der Waals surface area contributed by atoms with Gasteiger partial charge in [0.2, 0.25) is 0 Å². The molecule has 0 aromatic heterocycles. The second-order valence-corrected chi connectivity index (χ2v) is 6.50. The van der Waals surface area contributed by atoms with Gasteiger partial charge in [-0.1, -0.05) is 11.1 Å². The predicted molar refractivity (Wildman–Crippen MR) is 65.9 cm³/mol. The Morgan fingerprint density at radius 1 is 1.07 bits per heavy atom. The van der Waals surface area contributed by atoms with Gasteiger partial charge >= 0.3 is 0 Å². The first-order valence-electron chi connectivity index (χ1n) is 6.32. The molecule has 0 aromatic carbocycles. The molecule has 1 saturated heterocycles. The number of hydrogen-bond donors (Lipinski definition) is 0. The van der Waals surface area contributed by atoms with Crippen LogP contribution in [0.5, 0.6) is 0 Å². The molecule has 0 radical (unpaired) electrons. The summed E-state index contributed by atoms with van der Waals surface area (Å²) in [5.41, 5.74) is 3.75. The molecule has 15 heavy (non-hydrogen) atoms. The zero-order chi connectivity index (χ0) is 11.2. The first kappa shape index (κ1) is 11.2. The third-order valence-corrected chi connectivity index (χ3v) is 4.15. The van der Waals surface area contributed by atoms with Crippen molar-refractivity contribution >= 4 is 0 Å². The van der Waals surface area contributed by atoms with E-state index in [2.05, 4.69) is 39.5 Å². The molecule has 0 N–H and O–H groups in total. The number of nitrogens with zero attached hydrogens (tertiary/aromatic N) is 1. The zero-order valence-corrected chi connectivity index (χ0v) is 10.9. The van der Waals surface area contributed by atoms with Crippen LogP contribution >= 0.6 is 0 Å². The van der Waals surface area contributed by atoms with Gasteiger partial charge in [-0.15, -0.1) is 0 Å². The van der Waals surface area contributed by atoms with Gasteiger partial charge in [-0.25, -0.2) is 0 Å². The van der Waals surface area contributed by atoms with E-state index in [1.165, 1.54) is 25.9 Å². The van der Waals surface area contributed by atoms with Gasteiger partial charge in [0.05, 0.1) is 0 Å². The molecular formula is C14H25N. The van der Waals surface area contributed by atoms with Crippen molar-refractivity contribution in [2.45, 2.75) is 53.0 Å². The highest BCUT2D eigenvalue weighted by Crippen LogP contribution is 2.44. The van der Waals surface area contributed by atoms with E-state index >= 15 is 0 Å². The van der Waals surface area contributed by atoms with Gasteiger partial charge in [-0.3, -0.25) is 4.90 Å². The molecule has 0 amide bonds. The number of likely N-dealkylation sites (tertiary alicyclic amines) is 1. The lowest BCUT2D eigenvalue weighted by atomic mass is 9.86. The van der Waals surface area contributed by atoms with Crippen LogP contribution in [0.3, 0.4) is 0 Å². The third-order valence-electron chi connectivity index (χ3n) is 4.15. The first-order valence-corrected chi connectivity index (χ1v) is 6.32. The van der Waals surface area contributed by atoms with E-state index in [-0.39, 0.29) is 0 Å². The molecule has 1 heteroatoms. The molecule has 1 aliphatic carbocycles. The Bertz CT molecular complexity index is 262. The summed E-state index contributed by atoms with van der Waals surface area (Å²) < 4.78 is 0. The number of rotatable bonds is 0. The minimum Gasteiger partial charge on any atom is -0.297 e. The van der Waals surface area contributed by atoms with Crippen LogP contribution in [0.1, 0.15) is 47.5 Å². The summed E-state index contributed by atoms with van der Waals surface area (Å²) in [4.78, 5) is 2.68. The molecule has 2 bridgehead atoms. The summed E-state index contributed by atoms with van der Waals surface area (Å²) in [5.74, 6) is 1.74. The Hall–Kier alpha value is -0.300. The molecule has 0 aromatic rings. The molecule has 2 rings (SSSR count). The summed E-state index contributed by atoms with van der Waals surface area (Å²) in [6.07, 6.45) is 2.86. The van der Waals surface area contributed by atoms with E-state index in [1.807, 2.05) is 0 Å². The topological polar surface area (TPSA) is 3.24 Å². The van der Waals surface area contributed by atoms with E-state index in [0.29, 0.717) is 5.54 Å². The van der Waals surface area contributed by atoms with Crippen molar-refractivity contribution in [1.82, 2.24) is 4.90 Å². The average molecular weight is 207 g/mol. The van der Waals surface area contributed by atoms with Gasteiger partial charge in [-0.2, -0.15) is 0 Å². The SMILES string of the molecule is CC(C)=C1C2CCC1CN(C(C)(C)C)C2. The summed E-state index contributed by atoms with van der Waals surface area (Å²) in [5, 5.41) is 0. The van der Waals surface area contributed by atoms with E-state index in [9.17, 15) is 0 Å². The van der Waals surface area contributed by atoms with Crippen LogP contribution in [0.25, 0.3) is 0 Å². The van der Waals surface area contributed by atoms with Crippen molar-refractivity contribution in [3.8, 4) is 0 Å². The van der Waals surface area contributed by atoms with Gasteiger partial charge in [-0.05, 0) is 59.3 Å². The minimum absolute atomic E-state index is 0.355. The third kappa shape index (κ3) is 1.99. The lowest BCUT2D eigenvalue weighted by molar-refractivity contribution is 0.0971.